The predicted molar refractivity (Wildman–Crippen MR) is 94.7 cm³/mol. The number of para-hydroxylation sites is 1. The fourth-order valence-electron chi connectivity index (χ4n) is 2.37. The van der Waals surface area contributed by atoms with Crippen LogP contribution in [0.2, 0.25) is 0 Å². The maximum atomic E-state index is 12.1. The van der Waals surface area contributed by atoms with Gasteiger partial charge in [-0.2, -0.15) is 0 Å². The van der Waals surface area contributed by atoms with E-state index in [-0.39, 0.29) is 5.91 Å². The summed E-state index contributed by atoms with van der Waals surface area (Å²) in [4.78, 5) is 20.7. The van der Waals surface area contributed by atoms with Crippen LogP contribution in [0.15, 0.2) is 30.5 Å². The number of amides is 1. The summed E-state index contributed by atoms with van der Waals surface area (Å²) in [6.07, 6.45) is 3.26. The van der Waals surface area contributed by atoms with Gasteiger partial charge in [-0.1, -0.05) is 25.1 Å². The van der Waals surface area contributed by atoms with Crippen LogP contribution in [0.4, 0.5) is 11.6 Å². The number of rotatable bonds is 8. The van der Waals surface area contributed by atoms with E-state index in [0.717, 1.165) is 24.1 Å². The summed E-state index contributed by atoms with van der Waals surface area (Å²) in [5, 5.41) is 6.06. The van der Waals surface area contributed by atoms with Gasteiger partial charge in [0.05, 0.1) is 0 Å². The molecule has 0 aliphatic rings. The van der Waals surface area contributed by atoms with E-state index in [1.165, 1.54) is 5.56 Å². The van der Waals surface area contributed by atoms with Crippen LogP contribution < -0.4 is 10.6 Å². The van der Waals surface area contributed by atoms with Crippen molar-refractivity contribution < 1.29 is 9.53 Å². The average Bonchev–Trinajstić information content (AvgIpc) is 2.60. The lowest BCUT2D eigenvalue weighted by Gasteiger charge is -2.13. The van der Waals surface area contributed by atoms with Crippen molar-refractivity contribution in [1.29, 1.82) is 0 Å². The van der Waals surface area contributed by atoms with E-state index in [1.807, 2.05) is 19.1 Å². The van der Waals surface area contributed by atoms with Gasteiger partial charge in [-0.3, -0.25) is 4.79 Å². The van der Waals surface area contributed by atoms with E-state index in [0.29, 0.717) is 24.8 Å². The normalized spacial score (nSPS) is 10.5. The molecule has 1 aromatic carbocycles. The standard InChI is InChI=1S/C18H24N4O2/c1-4-14-8-5-7-13(2)16(14)22-18-20-11-9-15(21-18)17(23)19-10-6-12-24-3/h5,7-9,11H,4,6,10,12H2,1-3H3,(H,19,23)(H,20,21,22). The highest BCUT2D eigenvalue weighted by Gasteiger charge is 2.10. The van der Waals surface area contributed by atoms with Crippen molar-refractivity contribution in [3.8, 4) is 0 Å². The molecule has 0 unspecified atom stereocenters. The van der Waals surface area contributed by atoms with E-state index in [2.05, 4.69) is 33.6 Å². The highest BCUT2D eigenvalue weighted by atomic mass is 16.5. The second-order valence-corrected chi connectivity index (χ2v) is 5.46. The average molecular weight is 328 g/mol. The van der Waals surface area contributed by atoms with Crippen LogP contribution in [0.25, 0.3) is 0 Å². The number of aryl methyl sites for hydroxylation is 2. The predicted octanol–water partition coefficient (Wildman–Crippen LogP) is 2.86. The Morgan fingerprint density at radius 1 is 1.29 bits per heavy atom. The number of methoxy groups -OCH3 is 1. The van der Waals surface area contributed by atoms with Gasteiger partial charge in [-0.05, 0) is 37.0 Å². The zero-order chi connectivity index (χ0) is 17.4. The molecule has 0 spiro atoms. The molecule has 2 N–H and O–H groups in total. The monoisotopic (exact) mass is 328 g/mol. The Morgan fingerprint density at radius 2 is 2.12 bits per heavy atom. The third kappa shape index (κ3) is 4.76. The molecule has 24 heavy (non-hydrogen) atoms. The minimum Gasteiger partial charge on any atom is -0.385 e. The summed E-state index contributed by atoms with van der Waals surface area (Å²) in [7, 11) is 1.64. The first-order valence-corrected chi connectivity index (χ1v) is 8.11. The smallest absolute Gasteiger partial charge is 0.270 e. The molecule has 128 valence electrons. The van der Waals surface area contributed by atoms with E-state index in [4.69, 9.17) is 4.74 Å². The summed E-state index contributed by atoms with van der Waals surface area (Å²) in [6, 6.07) is 7.75. The molecule has 2 aromatic rings. The summed E-state index contributed by atoms with van der Waals surface area (Å²) in [6.45, 7) is 5.31. The molecule has 0 saturated heterocycles. The molecule has 1 aromatic heterocycles. The number of benzene rings is 1. The first kappa shape index (κ1) is 17.9. The molecule has 6 heteroatoms. The summed E-state index contributed by atoms with van der Waals surface area (Å²) < 4.78 is 4.96. The van der Waals surface area contributed by atoms with Crippen molar-refractivity contribution in [3.63, 3.8) is 0 Å². The maximum Gasteiger partial charge on any atom is 0.270 e. The van der Waals surface area contributed by atoms with Gasteiger partial charge in [-0.15, -0.1) is 0 Å². The van der Waals surface area contributed by atoms with Gasteiger partial charge in [0.25, 0.3) is 5.91 Å². The third-order valence-corrected chi connectivity index (χ3v) is 3.68. The Labute approximate surface area is 142 Å². The number of nitrogens with one attached hydrogen (secondary N) is 2. The second kappa shape index (κ2) is 8.98. The van der Waals surface area contributed by atoms with Crippen LogP contribution in [0.1, 0.15) is 35.0 Å². The molecule has 6 nitrogen and oxygen atoms in total. The Balaban J connectivity index is 2.09. The van der Waals surface area contributed by atoms with Crippen molar-refractivity contribution >= 4 is 17.5 Å². The summed E-state index contributed by atoms with van der Waals surface area (Å²) in [5.41, 5.74) is 3.65. The zero-order valence-electron chi connectivity index (χ0n) is 14.4. The largest absolute Gasteiger partial charge is 0.385 e. The van der Waals surface area contributed by atoms with Crippen LogP contribution in [0.3, 0.4) is 0 Å². The number of anilines is 2. The van der Waals surface area contributed by atoms with E-state index in [9.17, 15) is 4.79 Å². The number of aromatic nitrogens is 2. The van der Waals surface area contributed by atoms with Crippen LogP contribution in [-0.2, 0) is 11.2 Å². The molecule has 0 radical (unpaired) electrons. The van der Waals surface area contributed by atoms with E-state index >= 15 is 0 Å². The first-order chi connectivity index (χ1) is 11.7. The first-order valence-electron chi connectivity index (χ1n) is 8.11. The molecule has 1 amide bonds. The lowest BCUT2D eigenvalue weighted by Crippen LogP contribution is -2.26. The van der Waals surface area contributed by atoms with Crippen LogP contribution >= 0.6 is 0 Å². The Hall–Kier alpha value is -2.47. The minimum absolute atomic E-state index is 0.211. The van der Waals surface area contributed by atoms with Gasteiger partial charge in [0.2, 0.25) is 5.95 Å². The summed E-state index contributed by atoms with van der Waals surface area (Å²) >= 11 is 0. The lowest BCUT2D eigenvalue weighted by molar-refractivity contribution is 0.0943. The molecule has 0 saturated carbocycles. The van der Waals surface area contributed by atoms with Crippen LogP contribution in [0.5, 0.6) is 0 Å². The maximum absolute atomic E-state index is 12.1. The number of carbonyl (C=O) groups is 1. The highest BCUT2D eigenvalue weighted by Crippen LogP contribution is 2.23. The molecule has 2 rings (SSSR count). The van der Waals surface area contributed by atoms with Crippen molar-refractivity contribution in [2.75, 3.05) is 25.6 Å². The van der Waals surface area contributed by atoms with Crippen molar-refractivity contribution in [1.82, 2.24) is 15.3 Å². The van der Waals surface area contributed by atoms with Crippen molar-refractivity contribution in [3.05, 3.63) is 47.3 Å². The SMILES string of the molecule is CCc1cccc(C)c1Nc1nccc(C(=O)NCCCOC)n1. The number of ether oxygens (including phenoxy) is 1. The molecule has 0 aliphatic heterocycles. The molecule has 0 fully saturated rings. The fraction of sp³-hybridized carbons (Fsp3) is 0.389. The quantitative estimate of drug-likeness (QED) is 0.729. The fourth-order valence-corrected chi connectivity index (χ4v) is 2.37. The molecular formula is C18H24N4O2. The Kier molecular flexibility index (Phi) is 6.69. The van der Waals surface area contributed by atoms with E-state index < -0.39 is 0 Å². The highest BCUT2D eigenvalue weighted by molar-refractivity contribution is 5.92. The van der Waals surface area contributed by atoms with Gasteiger partial charge >= 0.3 is 0 Å². The molecular weight excluding hydrogens is 304 g/mol. The number of nitrogens with zero attached hydrogens (tertiary/aromatic N) is 2. The van der Waals surface area contributed by atoms with Crippen LogP contribution in [0, 0.1) is 6.92 Å². The van der Waals surface area contributed by atoms with Gasteiger partial charge in [0.1, 0.15) is 5.69 Å². The van der Waals surface area contributed by atoms with E-state index in [1.54, 1.807) is 19.4 Å². The third-order valence-electron chi connectivity index (χ3n) is 3.68. The number of hydrogen-bond acceptors (Lipinski definition) is 5. The lowest BCUT2D eigenvalue weighted by atomic mass is 10.1. The van der Waals surface area contributed by atoms with Gasteiger partial charge in [0, 0.05) is 32.1 Å². The number of carbonyl (C=O) groups excluding carboxylic acids is 1. The van der Waals surface area contributed by atoms with Gasteiger partial charge in [-0.25, -0.2) is 9.97 Å². The molecule has 0 atom stereocenters. The molecule has 0 bridgehead atoms. The molecule has 1 heterocycles. The van der Waals surface area contributed by atoms with Gasteiger partial charge in [0.15, 0.2) is 0 Å². The topological polar surface area (TPSA) is 76.1 Å². The Bertz CT molecular complexity index is 688. The number of hydrogen-bond donors (Lipinski definition) is 2. The Morgan fingerprint density at radius 3 is 2.88 bits per heavy atom. The van der Waals surface area contributed by atoms with Crippen molar-refractivity contribution in [2.24, 2.45) is 0 Å². The van der Waals surface area contributed by atoms with Crippen LogP contribution in [-0.4, -0.2) is 36.1 Å². The summed E-state index contributed by atoms with van der Waals surface area (Å²) in [5.74, 6) is 0.209. The van der Waals surface area contributed by atoms with Gasteiger partial charge < -0.3 is 15.4 Å². The molecule has 0 aliphatic carbocycles. The van der Waals surface area contributed by atoms with Crippen molar-refractivity contribution in [2.45, 2.75) is 26.7 Å². The zero-order valence-corrected chi connectivity index (χ0v) is 14.4. The second-order valence-electron chi connectivity index (χ2n) is 5.46. The minimum atomic E-state index is -0.211.